The van der Waals surface area contributed by atoms with Crippen LogP contribution in [-0.4, -0.2) is 36.8 Å². The molecular weight excluding hydrogens is 510 g/mol. The first-order chi connectivity index (χ1) is 11.1. The van der Waals surface area contributed by atoms with E-state index in [-0.39, 0.29) is 0 Å². The average molecular weight is 534 g/mol. The molecule has 2 heterocycles. The first-order valence-electron chi connectivity index (χ1n) is 8.54. The van der Waals surface area contributed by atoms with Crippen LogP contribution in [0.4, 0.5) is 0 Å². The van der Waals surface area contributed by atoms with Crippen LogP contribution in [0.1, 0.15) is 0 Å². The second kappa shape index (κ2) is 5.43. The Morgan fingerprint density at radius 3 is 1.29 bits per heavy atom. The molecule has 0 saturated heterocycles. The maximum absolute atomic E-state index is 6.33. The van der Waals surface area contributed by atoms with E-state index in [1.807, 2.05) is 0 Å². The van der Waals surface area contributed by atoms with Gasteiger partial charge in [-0.1, -0.05) is 0 Å². The van der Waals surface area contributed by atoms with Crippen molar-refractivity contribution in [1.29, 1.82) is 0 Å². The van der Waals surface area contributed by atoms with Gasteiger partial charge < -0.3 is 0 Å². The van der Waals surface area contributed by atoms with Gasteiger partial charge in [-0.25, -0.2) is 0 Å². The van der Waals surface area contributed by atoms with Crippen molar-refractivity contribution in [3.05, 3.63) is 36.4 Å². The van der Waals surface area contributed by atoms with Gasteiger partial charge in [0, 0.05) is 0 Å². The Kier molecular flexibility index (Phi) is 3.81. The normalized spacial score (nSPS) is 13.4. The van der Waals surface area contributed by atoms with Crippen LogP contribution in [0.3, 0.4) is 0 Å². The molecule has 0 aliphatic rings. The minimum absolute atomic E-state index is 1.02. The van der Waals surface area contributed by atoms with Crippen molar-refractivity contribution < 1.29 is 8.83 Å². The van der Waals surface area contributed by atoms with E-state index in [9.17, 15) is 0 Å². The van der Waals surface area contributed by atoms with Gasteiger partial charge in [0.15, 0.2) is 0 Å². The molecule has 0 unspecified atom stereocenters. The van der Waals surface area contributed by atoms with Gasteiger partial charge in [0.1, 0.15) is 0 Å². The number of furan rings is 2. The third-order valence-corrected chi connectivity index (χ3v) is 14.5. The first kappa shape index (κ1) is 16.8. The van der Waals surface area contributed by atoms with E-state index in [2.05, 4.69) is 66.0 Å². The number of benzene rings is 2. The Morgan fingerprint density at radius 2 is 0.958 bits per heavy atom. The van der Waals surface area contributed by atoms with Gasteiger partial charge in [-0.2, -0.15) is 0 Å². The number of rotatable bonds is 2. The summed E-state index contributed by atoms with van der Waals surface area (Å²) in [7, 11) is 0. The van der Waals surface area contributed by atoms with Gasteiger partial charge in [-0.15, -0.1) is 0 Å². The molecule has 0 N–H and O–H groups in total. The number of hydrogen-bond acceptors (Lipinski definition) is 2. The monoisotopic (exact) mass is 536 g/mol. The molecule has 124 valence electrons. The molecule has 0 spiro atoms. The van der Waals surface area contributed by atoms with Crippen LogP contribution in [0.5, 0.6) is 0 Å². The van der Waals surface area contributed by atoms with Crippen LogP contribution in [0.25, 0.3) is 32.7 Å². The maximum atomic E-state index is 6.33. The van der Waals surface area contributed by atoms with E-state index >= 15 is 0 Å². The molecule has 4 aromatic rings. The molecule has 4 heteroatoms. The average Bonchev–Trinajstić information content (AvgIpc) is 3.09. The van der Waals surface area contributed by atoms with E-state index in [0.29, 0.717) is 0 Å². The predicted octanol–water partition coefficient (Wildman–Crippen LogP) is 5.42. The van der Waals surface area contributed by atoms with Gasteiger partial charge in [0.05, 0.1) is 0 Å². The fraction of sp³-hybridized carbons (Fsp3) is 0.300. The summed E-state index contributed by atoms with van der Waals surface area (Å²) in [5.74, 6) is 0. The Hall–Kier alpha value is -0.623. The van der Waals surface area contributed by atoms with Crippen LogP contribution >= 0.6 is 0 Å². The van der Waals surface area contributed by atoms with E-state index in [1.54, 1.807) is 0 Å². The molecule has 0 atom stereocenters. The van der Waals surface area contributed by atoms with Crippen LogP contribution in [0.2, 0.25) is 29.6 Å². The fourth-order valence-corrected chi connectivity index (χ4v) is 8.83. The van der Waals surface area contributed by atoms with Crippen LogP contribution < -0.4 is 7.55 Å². The van der Waals surface area contributed by atoms with Crippen molar-refractivity contribution in [2.75, 3.05) is 0 Å². The molecule has 2 aromatic heterocycles. The van der Waals surface area contributed by atoms with Crippen LogP contribution in [-0.2, 0) is 0 Å². The molecule has 0 saturated carbocycles. The van der Waals surface area contributed by atoms with Crippen molar-refractivity contribution >= 4 is 77.0 Å². The SMILES string of the molecule is [CH3][Sn]([CH3])([CH3])[c]1cc2ccc3c(ccc4c[c]([Sn]([CH3])([CH3])[CH3])oc43)c2o1. The first-order valence-corrected chi connectivity index (χ1v) is 28.5. The zero-order valence-electron chi connectivity index (χ0n) is 15.3. The molecule has 0 fully saturated rings. The molecule has 0 amide bonds. The number of fused-ring (bicyclic) bond motifs is 5. The summed E-state index contributed by atoms with van der Waals surface area (Å²) in [4.78, 5) is 14.3. The van der Waals surface area contributed by atoms with Gasteiger partial charge >= 0.3 is 152 Å². The third-order valence-electron chi connectivity index (χ3n) is 4.64. The van der Waals surface area contributed by atoms with Crippen molar-refractivity contribution in [3.63, 3.8) is 0 Å². The van der Waals surface area contributed by atoms with Gasteiger partial charge in [-0.3, -0.25) is 0 Å². The Balaban J connectivity index is 2.05. The summed E-state index contributed by atoms with van der Waals surface area (Å²) in [5, 5.41) is 4.77. The molecule has 4 rings (SSSR count). The van der Waals surface area contributed by atoms with Crippen molar-refractivity contribution in [2.45, 2.75) is 29.6 Å². The third kappa shape index (κ3) is 2.70. The van der Waals surface area contributed by atoms with Crippen molar-refractivity contribution in [3.8, 4) is 0 Å². The van der Waals surface area contributed by atoms with Crippen molar-refractivity contribution in [1.82, 2.24) is 0 Å². The molecule has 0 radical (unpaired) electrons. The van der Waals surface area contributed by atoms with Crippen LogP contribution in [0.15, 0.2) is 45.2 Å². The summed E-state index contributed by atoms with van der Waals surface area (Å²) < 4.78 is 15.1. The Morgan fingerprint density at radius 1 is 0.583 bits per heavy atom. The summed E-state index contributed by atoms with van der Waals surface area (Å²) in [6.07, 6.45) is 0. The second-order valence-electron chi connectivity index (χ2n) is 8.78. The van der Waals surface area contributed by atoms with E-state index < -0.39 is 36.8 Å². The molecule has 24 heavy (non-hydrogen) atoms. The minimum atomic E-state index is -2.21. The number of hydrogen-bond donors (Lipinski definition) is 0. The fourth-order valence-electron chi connectivity index (χ4n) is 3.14. The molecule has 0 aliphatic heterocycles. The van der Waals surface area contributed by atoms with E-state index in [0.717, 1.165) is 11.2 Å². The van der Waals surface area contributed by atoms with E-state index in [1.165, 1.54) is 29.1 Å². The molecule has 2 nitrogen and oxygen atoms in total. The zero-order valence-corrected chi connectivity index (χ0v) is 21.0. The second-order valence-corrected chi connectivity index (χ2v) is 37.3. The molecule has 2 aromatic carbocycles. The quantitative estimate of drug-likeness (QED) is 0.322. The Bertz CT molecular complexity index is 985. The topological polar surface area (TPSA) is 26.3 Å². The summed E-state index contributed by atoms with van der Waals surface area (Å²) in [5.41, 5.74) is 2.04. The predicted molar refractivity (Wildman–Crippen MR) is 109 cm³/mol. The van der Waals surface area contributed by atoms with Gasteiger partial charge in [-0.05, 0) is 0 Å². The summed E-state index contributed by atoms with van der Waals surface area (Å²) in [6, 6.07) is 13.3. The molecule has 0 bridgehead atoms. The van der Waals surface area contributed by atoms with Gasteiger partial charge in [0.2, 0.25) is 0 Å². The zero-order chi connectivity index (χ0) is 17.3. The van der Waals surface area contributed by atoms with E-state index in [4.69, 9.17) is 8.83 Å². The van der Waals surface area contributed by atoms with Crippen LogP contribution in [0, 0.1) is 0 Å². The van der Waals surface area contributed by atoms with Crippen molar-refractivity contribution in [2.24, 2.45) is 0 Å². The Labute approximate surface area is 150 Å². The standard InChI is InChI=1S/C14H6O2.6CH3.2Sn/c1-3-11-12(13-9(1)5-7-15-13)4-2-10-6-8-16-14(10)11;;;;;;;;/h1-6H;6*1H3;;. The molecular formula is C20H24O2Sn2. The molecule has 0 aliphatic carbocycles. The summed E-state index contributed by atoms with van der Waals surface area (Å²) >= 11 is -4.42. The summed E-state index contributed by atoms with van der Waals surface area (Å²) in [6.45, 7) is 0. The van der Waals surface area contributed by atoms with Gasteiger partial charge in [0.25, 0.3) is 0 Å².